The minimum absolute atomic E-state index is 0.0377. The van der Waals surface area contributed by atoms with Crippen LogP contribution < -0.4 is 0 Å². The molecule has 3 nitrogen and oxygen atoms in total. The molecule has 1 heterocycles. The highest BCUT2D eigenvalue weighted by molar-refractivity contribution is 5.96. The monoisotopic (exact) mass is 274 g/mol. The molecular weight excluding hydrogens is 255 g/mol. The van der Waals surface area contributed by atoms with Crippen LogP contribution in [0.2, 0.25) is 0 Å². The average Bonchev–Trinajstić information content (AvgIpc) is 2.64. The van der Waals surface area contributed by atoms with Crippen molar-refractivity contribution in [1.29, 1.82) is 0 Å². The normalized spacial score (nSPS) is 10.8. The van der Waals surface area contributed by atoms with E-state index in [0.717, 1.165) is 17.0 Å². The number of Topliss-reactive ketones (excluding diaryl/α,β-unsaturated/α-hetero) is 1. The summed E-state index contributed by atoms with van der Waals surface area (Å²) in [6.07, 6.45) is 1.08. The zero-order valence-electron chi connectivity index (χ0n) is 12.3. The topological polar surface area (TPSA) is 34.9 Å². The Hall–Kier alpha value is -1.97. The van der Waals surface area contributed by atoms with Crippen LogP contribution in [0.15, 0.2) is 18.2 Å². The third-order valence-electron chi connectivity index (χ3n) is 3.74. The van der Waals surface area contributed by atoms with E-state index in [9.17, 15) is 9.18 Å². The summed E-state index contributed by atoms with van der Waals surface area (Å²) in [5.41, 5.74) is 4.26. The van der Waals surface area contributed by atoms with Gasteiger partial charge < -0.3 is 0 Å². The van der Waals surface area contributed by atoms with Crippen molar-refractivity contribution >= 4 is 5.78 Å². The molecule has 0 aliphatic carbocycles. The van der Waals surface area contributed by atoms with Crippen LogP contribution in [0.25, 0.3) is 0 Å². The Morgan fingerprint density at radius 3 is 2.55 bits per heavy atom. The molecule has 0 saturated heterocycles. The van der Waals surface area contributed by atoms with Gasteiger partial charge in [-0.1, -0.05) is 0 Å². The van der Waals surface area contributed by atoms with Crippen LogP contribution in [0, 0.1) is 26.6 Å². The van der Waals surface area contributed by atoms with Crippen LogP contribution in [0.4, 0.5) is 4.39 Å². The summed E-state index contributed by atoms with van der Waals surface area (Å²) in [6.45, 7) is 5.62. The number of halogens is 1. The molecule has 0 N–H and O–H groups in total. The predicted octanol–water partition coefficient (Wildman–Crippen LogP) is 3.30. The molecule has 2 rings (SSSR count). The summed E-state index contributed by atoms with van der Waals surface area (Å²) in [5, 5.41) is 4.34. The molecule has 1 aromatic carbocycles. The minimum Gasteiger partial charge on any atom is -0.294 e. The summed E-state index contributed by atoms with van der Waals surface area (Å²) in [4.78, 5) is 12.2. The quantitative estimate of drug-likeness (QED) is 0.802. The number of aryl methyl sites for hydroxylation is 3. The van der Waals surface area contributed by atoms with Crippen LogP contribution in [-0.2, 0) is 13.5 Å². The lowest BCUT2D eigenvalue weighted by atomic mass is 10.0. The van der Waals surface area contributed by atoms with E-state index in [1.54, 1.807) is 19.1 Å². The van der Waals surface area contributed by atoms with Gasteiger partial charge in [0, 0.05) is 24.7 Å². The highest BCUT2D eigenvalue weighted by Gasteiger charge is 2.13. The van der Waals surface area contributed by atoms with Crippen LogP contribution >= 0.6 is 0 Å². The molecule has 0 saturated carbocycles. The average molecular weight is 274 g/mol. The fourth-order valence-electron chi connectivity index (χ4n) is 2.38. The summed E-state index contributed by atoms with van der Waals surface area (Å²) in [6, 6.07) is 4.51. The number of ketones is 1. The van der Waals surface area contributed by atoms with Crippen molar-refractivity contribution in [3.8, 4) is 0 Å². The second kappa shape index (κ2) is 5.57. The second-order valence-electron chi connectivity index (χ2n) is 5.16. The molecule has 2 aromatic rings. The molecule has 0 fully saturated rings. The van der Waals surface area contributed by atoms with Gasteiger partial charge in [-0.05, 0) is 56.5 Å². The predicted molar refractivity (Wildman–Crippen MR) is 76.5 cm³/mol. The van der Waals surface area contributed by atoms with E-state index in [2.05, 4.69) is 5.10 Å². The second-order valence-corrected chi connectivity index (χ2v) is 5.16. The molecule has 0 aliphatic rings. The standard InChI is InChI=1S/C16H19FN2O/c1-10-9-13(5-7-15(10)17)16(20)8-6-14-11(2)18-19(4)12(14)3/h5,7,9H,6,8H2,1-4H3. The summed E-state index contributed by atoms with van der Waals surface area (Å²) in [5.74, 6) is -0.240. The van der Waals surface area contributed by atoms with Gasteiger partial charge in [-0.25, -0.2) is 4.39 Å². The van der Waals surface area contributed by atoms with E-state index in [1.165, 1.54) is 6.07 Å². The maximum Gasteiger partial charge on any atom is 0.163 e. The van der Waals surface area contributed by atoms with Crippen LogP contribution in [0.1, 0.15) is 39.3 Å². The van der Waals surface area contributed by atoms with Gasteiger partial charge in [0.2, 0.25) is 0 Å². The van der Waals surface area contributed by atoms with Crippen molar-refractivity contribution in [2.24, 2.45) is 7.05 Å². The van der Waals surface area contributed by atoms with Crippen molar-refractivity contribution in [3.63, 3.8) is 0 Å². The first-order chi connectivity index (χ1) is 9.40. The molecule has 0 atom stereocenters. The molecule has 0 aliphatic heterocycles. The van der Waals surface area contributed by atoms with Gasteiger partial charge in [-0.3, -0.25) is 9.48 Å². The number of nitrogens with zero attached hydrogens (tertiary/aromatic N) is 2. The fraction of sp³-hybridized carbons (Fsp3) is 0.375. The molecule has 0 unspecified atom stereocenters. The SMILES string of the molecule is Cc1cc(C(=O)CCc2c(C)nn(C)c2C)ccc1F. The van der Waals surface area contributed by atoms with E-state index in [-0.39, 0.29) is 11.6 Å². The molecule has 20 heavy (non-hydrogen) atoms. The molecule has 0 spiro atoms. The third-order valence-corrected chi connectivity index (χ3v) is 3.74. The largest absolute Gasteiger partial charge is 0.294 e. The minimum atomic E-state index is -0.277. The van der Waals surface area contributed by atoms with Crippen molar-refractivity contribution in [2.45, 2.75) is 33.6 Å². The number of hydrogen-bond donors (Lipinski definition) is 0. The number of carbonyl (C=O) groups excluding carboxylic acids is 1. The molecule has 4 heteroatoms. The highest BCUT2D eigenvalue weighted by atomic mass is 19.1. The van der Waals surface area contributed by atoms with Crippen LogP contribution in [0.5, 0.6) is 0 Å². The Labute approximate surface area is 118 Å². The van der Waals surface area contributed by atoms with Crippen molar-refractivity contribution in [3.05, 3.63) is 52.1 Å². The number of hydrogen-bond acceptors (Lipinski definition) is 2. The number of carbonyl (C=O) groups is 1. The Morgan fingerprint density at radius 2 is 2.00 bits per heavy atom. The maximum absolute atomic E-state index is 13.2. The van der Waals surface area contributed by atoms with Gasteiger partial charge in [0.05, 0.1) is 5.69 Å². The van der Waals surface area contributed by atoms with Gasteiger partial charge in [-0.15, -0.1) is 0 Å². The summed E-state index contributed by atoms with van der Waals surface area (Å²) in [7, 11) is 1.90. The van der Waals surface area contributed by atoms with Gasteiger partial charge >= 0.3 is 0 Å². The van der Waals surface area contributed by atoms with Crippen LogP contribution in [0.3, 0.4) is 0 Å². The maximum atomic E-state index is 13.2. The Kier molecular flexibility index (Phi) is 4.02. The fourth-order valence-corrected chi connectivity index (χ4v) is 2.38. The lowest BCUT2D eigenvalue weighted by Crippen LogP contribution is -2.03. The Balaban J connectivity index is 2.10. The smallest absolute Gasteiger partial charge is 0.163 e. The molecule has 0 amide bonds. The van der Waals surface area contributed by atoms with E-state index in [1.807, 2.05) is 25.6 Å². The lowest BCUT2D eigenvalue weighted by molar-refractivity contribution is 0.0982. The van der Waals surface area contributed by atoms with Crippen molar-refractivity contribution in [2.75, 3.05) is 0 Å². The number of aromatic nitrogens is 2. The summed E-state index contributed by atoms with van der Waals surface area (Å²) >= 11 is 0. The van der Waals surface area contributed by atoms with Gasteiger partial charge in [-0.2, -0.15) is 5.10 Å². The Morgan fingerprint density at radius 1 is 1.30 bits per heavy atom. The van der Waals surface area contributed by atoms with Crippen LogP contribution in [-0.4, -0.2) is 15.6 Å². The Bertz CT molecular complexity index is 659. The summed E-state index contributed by atoms with van der Waals surface area (Å²) < 4.78 is 15.0. The molecule has 106 valence electrons. The van der Waals surface area contributed by atoms with Crippen molar-refractivity contribution in [1.82, 2.24) is 9.78 Å². The zero-order chi connectivity index (χ0) is 14.9. The van der Waals surface area contributed by atoms with E-state index in [4.69, 9.17) is 0 Å². The van der Waals surface area contributed by atoms with Gasteiger partial charge in [0.25, 0.3) is 0 Å². The number of benzene rings is 1. The zero-order valence-corrected chi connectivity index (χ0v) is 12.3. The first-order valence-corrected chi connectivity index (χ1v) is 6.68. The first kappa shape index (κ1) is 14.4. The van der Waals surface area contributed by atoms with Gasteiger partial charge in [0.1, 0.15) is 5.82 Å². The third kappa shape index (κ3) is 2.79. The van der Waals surface area contributed by atoms with Crippen molar-refractivity contribution < 1.29 is 9.18 Å². The molecule has 0 bridgehead atoms. The lowest BCUT2D eigenvalue weighted by Gasteiger charge is -2.04. The number of rotatable bonds is 4. The molecule has 1 aromatic heterocycles. The van der Waals surface area contributed by atoms with E-state index < -0.39 is 0 Å². The van der Waals surface area contributed by atoms with E-state index in [0.29, 0.717) is 24.0 Å². The molecule has 0 radical (unpaired) electrons. The van der Waals surface area contributed by atoms with E-state index >= 15 is 0 Å². The first-order valence-electron chi connectivity index (χ1n) is 6.68. The van der Waals surface area contributed by atoms with Gasteiger partial charge in [0.15, 0.2) is 5.78 Å². The highest BCUT2D eigenvalue weighted by Crippen LogP contribution is 2.17. The molecular formula is C16H19FN2O.